The zero-order chi connectivity index (χ0) is 17.2. The molecule has 3 aromatic rings. The highest BCUT2D eigenvalue weighted by Crippen LogP contribution is 2.32. The molecule has 1 aliphatic heterocycles. The van der Waals surface area contributed by atoms with Gasteiger partial charge in [0.15, 0.2) is 5.82 Å². The van der Waals surface area contributed by atoms with Gasteiger partial charge in [0.1, 0.15) is 0 Å². The predicted octanol–water partition coefficient (Wildman–Crippen LogP) is 2.34. The predicted molar refractivity (Wildman–Crippen MR) is 91.1 cm³/mol. The molecule has 25 heavy (non-hydrogen) atoms. The fourth-order valence-corrected chi connectivity index (χ4v) is 3.30. The van der Waals surface area contributed by atoms with Crippen molar-refractivity contribution in [2.24, 2.45) is 0 Å². The van der Waals surface area contributed by atoms with Crippen LogP contribution in [0.2, 0.25) is 0 Å². The van der Waals surface area contributed by atoms with Crippen LogP contribution in [0.4, 0.5) is 0 Å². The Morgan fingerprint density at radius 3 is 2.88 bits per heavy atom. The molecule has 1 atom stereocenters. The van der Waals surface area contributed by atoms with Crippen LogP contribution in [0.15, 0.2) is 48.7 Å². The number of rotatable bonds is 3. The number of nitrogens with zero attached hydrogens (tertiary/aromatic N) is 6. The van der Waals surface area contributed by atoms with Crippen LogP contribution in [0, 0.1) is 6.92 Å². The molecule has 3 heterocycles. The third kappa shape index (κ3) is 2.88. The highest BCUT2D eigenvalue weighted by atomic mass is 16.2. The highest BCUT2D eigenvalue weighted by Gasteiger charge is 2.31. The number of aryl methyl sites for hydroxylation is 1. The van der Waals surface area contributed by atoms with E-state index in [0.717, 1.165) is 30.8 Å². The Morgan fingerprint density at radius 2 is 2.12 bits per heavy atom. The van der Waals surface area contributed by atoms with E-state index in [1.54, 1.807) is 10.9 Å². The fourth-order valence-electron chi connectivity index (χ4n) is 3.30. The molecule has 1 aromatic carbocycles. The molecule has 1 amide bonds. The molecule has 0 aliphatic carbocycles. The van der Waals surface area contributed by atoms with Gasteiger partial charge in [-0.05, 0) is 60.5 Å². The Labute approximate surface area is 145 Å². The summed E-state index contributed by atoms with van der Waals surface area (Å²) in [7, 11) is 0. The van der Waals surface area contributed by atoms with Crippen molar-refractivity contribution in [2.45, 2.75) is 25.8 Å². The van der Waals surface area contributed by atoms with Crippen molar-refractivity contribution in [3.63, 3.8) is 0 Å². The highest BCUT2D eigenvalue weighted by molar-refractivity contribution is 5.95. The van der Waals surface area contributed by atoms with Gasteiger partial charge in [-0.2, -0.15) is 4.68 Å². The molecular weight excluding hydrogens is 316 g/mol. The maximum absolute atomic E-state index is 13.1. The van der Waals surface area contributed by atoms with E-state index in [1.807, 2.05) is 54.3 Å². The van der Waals surface area contributed by atoms with Crippen molar-refractivity contribution >= 4 is 5.91 Å². The van der Waals surface area contributed by atoms with Crippen LogP contribution in [0.3, 0.4) is 0 Å². The number of likely N-dealkylation sites (tertiary alicyclic amines) is 1. The molecule has 1 fully saturated rings. The number of benzene rings is 1. The second-order valence-electron chi connectivity index (χ2n) is 6.10. The number of aromatic nitrogens is 5. The minimum atomic E-state index is 0.0146. The van der Waals surface area contributed by atoms with Crippen LogP contribution in [-0.2, 0) is 0 Å². The quantitative estimate of drug-likeness (QED) is 0.735. The first-order chi connectivity index (χ1) is 12.2. The van der Waals surface area contributed by atoms with Gasteiger partial charge in [-0.3, -0.25) is 9.78 Å². The normalized spacial score (nSPS) is 17.0. The maximum atomic E-state index is 13.1. The van der Waals surface area contributed by atoms with Crippen LogP contribution in [-0.4, -0.2) is 42.5 Å². The standard InChI is InChI=1S/C18H18N6O/c1-13-20-21-22-24(13)15-7-4-6-14(12-15)18(25)23-11-5-9-17(23)16-8-2-3-10-19-16/h2-4,6-8,10,12,17H,5,9,11H2,1H3/t17-/m0/s1. The molecule has 0 radical (unpaired) electrons. The van der Waals surface area contributed by atoms with E-state index in [2.05, 4.69) is 20.5 Å². The van der Waals surface area contributed by atoms with Gasteiger partial charge in [-0.1, -0.05) is 12.1 Å². The van der Waals surface area contributed by atoms with Gasteiger partial charge in [-0.25, -0.2) is 0 Å². The summed E-state index contributed by atoms with van der Waals surface area (Å²) in [6.07, 6.45) is 3.70. The van der Waals surface area contributed by atoms with Gasteiger partial charge in [0.2, 0.25) is 0 Å². The van der Waals surface area contributed by atoms with Crippen LogP contribution in [0.5, 0.6) is 0 Å². The first-order valence-electron chi connectivity index (χ1n) is 8.31. The summed E-state index contributed by atoms with van der Waals surface area (Å²) >= 11 is 0. The van der Waals surface area contributed by atoms with Gasteiger partial charge in [0.25, 0.3) is 5.91 Å². The second kappa shape index (κ2) is 6.43. The summed E-state index contributed by atoms with van der Waals surface area (Å²) in [5.41, 5.74) is 2.36. The minimum absolute atomic E-state index is 0.0146. The SMILES string of the molecule is Cc1nnnn1-c1cccc(C(=O)N2CCC[C@H]2c2ccccn2)c1. The average molecular weight is 334 g/mol. The molecule has 0 N–H and O–H groups in total. The van der Waals surface area contributed by atoms with Crippen molar-refractivity contribution in [2.75, 3.05) is 6.54 Å². The van der Waals surface area contributed by atoms with E-state index in [9.17, 15) is 4.79 Å². The van der Waals surface area contributed by atoms with Gasteiger partial charge in [0.05, 0.1) is 17.4 Å². The third-order valence-corrected chi connectivity index (χ3v) is 4.51. The first kappa shape index (κ1) is 15.4. The molecule has 2 aromatic heterocycles. The van der Waals surface area contributed by atoms with E-state index in [-0.39, 0.29) is 11.9 Å². The molecule has 1 saturated heterocycles. The molecular formula is C18H18N6O. The van der Waals surface area contributed by atoms with Crippen molar-refractivity contribution in [1.29, 1.82) is 0 Å². The summed E-state index contributed by atoms with van der Waals surface area (Å²) in [6, 6.07) is 13.3. The van der Waals surface area contributed by atoms with Gasteiger partial charge in [0, 0.05) is 18.3 Å². The average Bonchev–Trinajstić information content (AvgIpc) is 3.31. The van der Waals surface area contributed by atoms with Crippen LogP contribution >= 0.6 is 0 Å². The Hall–Kier alpha value is -3.09. The van der Waals surface area contributed by atoms with Crippen molar-refractivity contribution < 1.29 is 4.79 Å². The topological polar surface area (TPSA) is 76.8 Å². The fraction of sp³-hybridized carbons (Fsp3) is 0.278. The Kier molecular flexibility index (Phi) is 3.97. The molecule has 0 bridgehead atoms. The lowest BCUT2D eigenvalue weighted by Crippen LogP contribution is -2.31. The Morgan fingerprint density at radius 1 is 1.20 bits per heavy atom. The van der Waals surface area contributed by atoms with E-state index in [0.29, 0.717) is 11.4 Å². The van der Waals surface area contributed by atoms with E-state index < -0.39 is 0 Å². The van der Waals surface area contributed by atoms with E-state index in [4.69, 9.17) is 0 Å². The van der Waals surface area contributed by atoms with Crippen molar-refractivity contribution in [3.05, 3.63) is 65.7 Å². The first-order valence-corrected chi connectivity index (χ1v) is 8.31. The number of hydrogen-bond acceptors (Lipinski definition) is 5. The zero-order valence-corrected chi connectivity index (χ0v) is 13.9. The Balaban J connectivity index is 1.64. The van der Waals surface area contributed by atoms with Crippen LogP contribution in [0.25, 0.3) is 5.69 Å². The number of pyridine rings is 1. The monoisotopic (exact) mass is 334 g/mol. The second-order valence-corrected chi connectivity index (χ2v) is 6.10. The maximum Gasteiger partial charge on any atom is 0.254 e. The van der Waals surface area contributed by atoms with Gasteiger partial charge >= 0.3 is 0 Å². The van der Waals surface area contributed by atoms with Gasteiger partial charge < -0.3 is 4.90 Å². The smallest absolute Gasteiger partial charge is 0.254 e. The summed E-state index contributed by atoms with van der Waals surface area (Å²) in [4.78, 5) is 19.4. The molecule has 126 valence electrons. The van der Waals surface area contributed by atoms with E-state index >= 15 is 0 Å². The number of hydrogen-bond donors (Lipinski definition) is 0. The lowest BCUT2D eigenvalue weighted by atomic mass is 10.1. The molecule has 4 rings (SSSR count). The summed E-state index contributed by atoms with van der Waals surface area (Å²) in [6.45, 7) is 2.57. The van der Waals surface area contributed by atoms with Gasteiger partial charge in [-0.15, -0.1) is 5.10 Å². The molecule has 7 heteroatoms. The number of tetrazole rings is 1. The lowest BCUT2D eigenvalue weighted by Gasteiger charge is -2.24. The van der Waals surface area contributed by atoms with Crippen molar-refractivity contribution in [3.8, 4) is 5.69 Å². The molecule has 1 aliphatic rings. The summed E-state index contributed by atoms with van der Waals surface area (Å²) < 4.78 is 1.62. The summed E-state index contributed by atoms with van der Waals surface area (Å²) in [5, 5.41) is 11.5. The summed E-state index contributed by atoms with van der Waals surface area (Å²) in [5.74, 6) is 0.692. The number of amides is 1. The molecule has 0 unspecified atom stereocenters. The largest absolute Gasteiger partial charge is 0.330 e. The zero-order valence-electron chi connectivity index (χ0n) is 13.9. The number of carbonyl (C=O) groups excluding carboxylic acids is 1. The lowest BCUT2D eigenvalue weighted by molar-refractivity contribution is 0.0733. The number of carbonyl (C=O) groups is 1. The van der Waals surface area contributed by atoms with Crippen LogP contribution in [0.1, 0.15) is 40.8 Å². The van der Waals surface area contributed by atoms with Crippen molar-refractivity contribution in [1.82, 2.24) is 30.1 Å². The third-order valence-electron chi connectivity index (χ3n) is 4.51. The van der Waals surface area contributed by atoms with E-state index in [1.165, 1.54) is 0 Å². The Bertz CT molecular complexity index is 891. The molecule has 7 nitrogen and oxygen atoms in total. The van der Waals surface area contributed by atoms with Crippen LogP contribution < -0.4 is 0 Å². The molecule has 0 saturated carbocycles. The minimum Gasteiger partial charge on any atom is -0.330 e. The molecule has 0 spiro atoms.